The minimum absolute atomic E-state index is 0.0519. The summed E-state index contributed by atoms with van der Waals surface area (Å²) in [6.07, 6.45) is -2.43. The first-order valence-corrected chi connectivity index (χ1v) is 5.29. The fraction of sp³-hybridized carbons (Fsp3) is 0.286. The smallest absolute Gasteiger partial charge is 0.247 e. The van der Waals surface area contributed by atoms with Crippen molar-refractivity contribution in [2.24, 2.45) is 0 Å². The lowest BCUT2D eigenvalue weighted by Crippen LogP contribution is -1.98. The van der Waals surface area contributed by atoms with Crippen molar-refractivity contribution < 1.29 is 8.78 Å². The van der Waals surface area contributed by atoms with Gasteiger partial charge in [0.05, 0.1) is 5.56 Å². The molecule has 0 saturated heterocycles. The van der Waals surface area contributed by atoms with E-state index < -0.39 is 6.43 Å². The van der Waals surface area contributed by atoms with Gasteiger partial charge in [-0.25, -0.2) is 13.8 Å². The van der Waals surface area contributed by atoms with Crippen LogP contribution in [0.15, 0.2) is 6.07 Å². The van der Waals surface area contributed by atoms with E-state index in [2.05, 4.69) is 4.98 Å². The first kappa shape index (κ1) is 10.6. The number of aromatic nitrogens is 1. The second kappa shape index (κ2) is 4.12. The molecule has 0 aliphatic heterocycles. The normalized spacial score (nSPS) is 10.8. The van der Waals surface area contributed by atoms with Gasteiger partial charge >= 0.3 is 0 Å². The quantitative estimate of drug-likeness (QED) is 0.524. The molecular formula is C7H5F2I2N. The molecule has 0 aliphatic carbocycles. The predicted octanol–water partition coefficient (Wildman–Crippen LogP) is 3.54. The molecule has 0 aliphatic rings. The van der Waals surface area contributed by atoms with E-state index in [4.69, 9.17) is 0 Å². The monoisotopic (exact) mass is 395 g/mol. The average molecular weight is 395 g/mol. The fourth-order valence-electron chi connectivity index (χ4n) is 0.870. The molecule has 0 amide bonds. The molecule has 0 spiro atoms. The average Bonchev–Trinajstić information content (AvgIpc) is 1.82. The largest absolute Gasteiger partial charge is 0.266 e. The van der Waals surface area contributed by atoms with Gasteiger partial charge in [0.1, 0.15) is 3.70 Å². The third kappa shape index (κ3) is 2.24. The Kier molecular flexibility index (Phi) is 3.62. The Labute approximate surface area is 96.2 Å². The van der Waals surface area contributed by atoms with Gasteiger partial charge in [0.2, 0.25) is 0 Å². The van der Waals surface area contributed by atoms with Crippen molar-refractivity contribution in [2.45, 2.75) is 13.3 Å². The summed E-state index contributed by atoms with van der Waals surface area (Å²) in [6.45, 7) is 1.60. The van der Waals surface area contributed by atoms with Crippen molar-refractivity contribution in [3.05, 3.63) is 24.6 Å². The molecule has 66 valence electrons. The Hall–Kier alpha value is 0.470. The summed E-state index contributed by atoms with van der Waals surface area (Å²) < 4.78 is 26.1. The highest BCUT2D eigenvalue weighted by Gasteiger charge is 2.15. The highest BCUT2D eigenvalue weighted by Crippen LogP contribution is 2.27. The number of rotatable bonds is 1. The molecule has 1 nitrogen and oxygen atoms in total. The zero-order valence-electron chi connectivity index (χ0n) is 6.11. The van der Waals surface area contributed by atoms with Crippen LogP contribution in [0.5, 0.6) is 0 Å². The molecule has 0 fully saturated rings. The van der Waals surface area contributed by atoms with Crippen LogP contribution in [-0.2, 0) is 0 Å². The molecule has 0 saturated carbocycles. The number of pyridine rings is 1. The number of halogens is 4. The lowest BCUT2D eigenvalue weighted by Gasteiger charge is -2.06. The van der Waals surface area contributed by atoms with Crippen LogP contribution in [-0.4, -0.2) is 4.98 Å². The molecule has 12 heavy (non-hydrogen) atoms. The van der Waals surface area contributed by atoms with Crippen LogP contribution >= 0.6 is 45.2 Å². The van der Waals surface area contributed by atoms with Crippen LogP contribution in [0.2, 0.25) is 0 Å². The third-order valence-electron chi connectivity index (χ3n) is 1.39. The molecule has 0 radical (unpaired) electrons. The molecular weight excluding hydrogens is 390 g/mol. The van der Waals surface area contributed by atoms with Crippen molar-refractivity contribution in [3.8, 4) is 0 Å². The zero-order valence-corrected chi connectivity index (χ0v) is 10.4. The third-order valence-corrected chi connectivity index (χ3v) is 2.83. The number of hydrogen-bond donors (Lipinski definition) is 0. The van der Waals surface area contributed by atoms with Gasteiger partial charge in [-0.1, -0.05) is 0 Å². The maximum atomic E-state index is 12.4. The van der Waals surface area contributed by atoms with Crippen LogP contribution in [0.25, 0.3) is 0 Å². The first-order valence-electron chi connectivity index (χ1n) is 3.13. The second-order valence-electron chi connectivity index (χ2n) is 2.23. The number of alkyl halides is 2. The Morgan fingerprint density at radius 2 is 2.00 bits per heavy atom. The SMILES string of the molecule is Cc1nc(I)cc(I)c1C(F)F. The van der Waals surface area contributed by atoms with E-state index in [1.165, 1.54) is 0 Å². The summed E-state index contributed by atoms with van der Waals surface area (Å²) in [5.41, 5.74) is 0.470. The summed E-state index contributed by atoms with van der Waals surface area (Å²) in [4.78, 5) is 3.96. The maximum Gasteiger partial charge on any atom is 0.266 e. The van der Waals surface area contributed by atoms with Gasteiger partial charge in [-0.15, -0.1) is 0 Å². The number of nitrogens with zero attached hydrogens (tertiary/aromatic N) is 1. The molecule has 0 aromatic carbocycles. The van der Waals surface area contributed by atoms with Gasteiger partial charge in [-0.05, 0) is 58.2 Å². The van der Waals surface area contributed by atoms with Gasteiger partial charge < -0.3 is 0 Å². The Balaban J connectivity index is 3.28. The topological polar surface area (TPSA) is 12.9 Å². The predicted molar refractivity (Wildman–Crippen MR) is 59.4 cm³/mol. The van der Waals surface area contributed by atoms with Gasteiger partial charge in [0, 0.05) is 9.26 Å². The van der Waals surface area contributed by atoms with Crippen molar-refractivity contribution in [3.63, 3.8) is 0 Å². The van der Waals surface area contributed by atoms with E-state index in [0.29, 0.717) is 9.26 Å². The van der Waals surface area contributed by atoms with Crippen molar-refractivity contribution in [1.29, 1.82) is 0 Å². The second-order valence-corrected chi connectivity index (χ2v) is 4.49. The van der Waals surface area contributed by atoms with Gasteiger partial charge in [-0.3, -0.25) is 0 Å². The highest BCUT2D eigenvalue weighted by molar-refractivity contribution is 14.1. The van der Waals surface area contributed by atoms with E-state index in [1.807, 2.05) is 45.2 Å². The summed E-state index contributed by atoms with van der Waals surface area (Å²) in [5, 5.41) is 0. The molecule has 0 atom stereocenters. The molecule has 5 heteroatoms. The maximum absolute atomic E-state index is 12.4. The molecule has 0 N–H and O–H groups in total. The number of aryl methyl sites for hydroxylation is 1. The summed E-state index contributed by atoms with van der Waals surface area (Å²) in [5.74, 6) is 0. The molecule has 1 aromatic heterocycles. The minimum Gasteiger partial charge on any atom is -0.247 e. The van der Waals surface area contributed by atoms with E-state index in [1.54, 1.807) is 13.0 Å². The molecule has 0 unspecified atom stereocenters. The Bertz CT molecular complexity index is 278. The van der Waals surface area contributed by atoms with Crippen molar-refractivity contribution in [1.82, 2.24) is 4.98 Å². The fourth-order valence-corrected chi connectivity index (χ4v) is 3.06. The van der Waals surface area contributed by atoms with E-state index in [0.717, 1.165) is 3.70 Å². The van der Waals surface area contributed by atoms with Crippen LogP contribution in [0.1, 0.15) is 17.7 Å². The summed E-state index contributed by atoms with van der Waals surface area (Å²) >= 11 is 3.91. The van der Waals surface area contributed by atoms with Crippen molar-refractivity contribution >= 4 is 45.2 Å². The molecule has 1 aromatic rings. The number of hydrogen-bond acceptors (Lipinski definition) is 1. The standard InChI is InChI=1S/C7H5F2I2N/c1-3-6(7(8)9)4(10)2-5(11)12-3/h2,7H,1H3. The van der Waals surface area contributed by atoms with Gasteiger partial charge in [0.25, 0.3) is 6.43 Å². The Morgan fingerprint density at radius 1 is 1.42 bits per heavy atom. The van der Waals surface area contributed by atoms with Gasteiger partial charge in [0.15, 0.2) is 0 Å². The summed E-state index contributed by atoms with van der Waals surface area (Å²) in [7, 11) is 0. The van der Waals surface area contributed by atoms with Gasteiger partial charge in [-0.2, -0.15) is 0 Å². The first-order chi connectivity index (χ1) is 5.52. The van der Waals surface area contributed by atoms with Crippen LogP contribution in [0, 0.1) is 14.2 Å². The molecule has 1 rings (SSSR count). The molecule has 1 heterocycles. The van der Waals surface area contributed by atoms with E-state index in [-0.39, 0.29) is 5.56 Å². The van der Waals surface area contributed by atoms with Crippen LogP contribution in [0.3, 0.4) is 0 Å². The molecule has 0 bridgehead atoms. The van der Waals surface area contributed by atoms with Crippen molar-refractivity contribution in [2.75, 3.05) is 0 Å². The highest BCUT2D eigenvalue weighted by atomic mass is 127. The lowest BCUT2D eigenvalue weighted by atomic mass is 10.2. The minimum atomic E-state index is -2.43. The lowest BCUT2D eigenvalue weighted by molar-refractivity contribution is 0.149. The summed E-state index contributed by atoms with van der Waals surface area (Å²) in [6, 6.07) is 1.65. The van der Waals surface area contributed by atoms with E-state index in [9.17, 15) is 8.78 Å². The Morgan fingerprint density at radius 3 is 2.42 bits per heavy atom. The van der Waals surface area contributed by atoms with E-state index >= 15 is 0 Å². The van der Waals surface area contributed by atoms with Crippen LogP contribution in [0.4, 0.5) is 8.78 Å². The zero-order chi connectivity index (χ0) is 9.30. The van der Waals surface area contributed by atoms with Crippen LogP contribution < -0.4 is 0 Å².